The molecule has 3 heteroatoms. The first-order chi connectivity index (χ1) is 7.84. The number of anilines is 1. The van der Waals surface area contributed by atoms with Gasteiger partial charge in [0.2, 0.25) is 0 Å². The minimum absolute atomic E-state index is 0.505. The van der Waals surface area contributed by atoms with Crippen molar-refractivity contribution in [1.82, 2.24) is 10.3 Å². The van der Waals surface area contributed by atoms with Crippen molar-refractivity contribution >= 4 is 11.4 Å². The molecular formula is C13H19N3. The summed E-state index contributed by atoms with van der Waals surface area (Å²) >= 11 is 0. The fourth-order valence-electron chi connectivity index (χ4n) is 2.74. The predicted molar refractivity (Wildman–Crippen MR) is 67.7 cm³/mol. The van der Waals surface area contributed by atoms with Gasteiger partial charge in [-0.25, -0.2) is 0 Å². The van der Waals surface area contributed by atoms with Gasteiger partial charge >= 0.3 is 0 Å². The molecule has 0 bridgehead atoms. The van der Waals surface area contributed by atoms with E-state index in [1.807, 2.05) is 0 Å². The van der Waals surface area contributed by atoms with Gasteiger partial charge in [-0.2, -0.15) is 0 Å². The van der Waals surface area contributed by atoms with Crippen molar-refractivity contribution in [1.29, 1.82) is 0 Å². The maximum Gasteiger partial charge on any atom is 0.107 e. The molecule has 0 saturated heterocycles. The standard InChI is InChI=1S/C13H19N3/c1-9-7-10(4-6-14-9)12-8-16-13-11(12)3-2-5-15-13/h7-9,14-16H,2-6H2,1H3/t9-/m1/s1. The number of aromatic nitrogens is 1. The first-order valence-corrected chi connectivity index (χ1v) is 6.23. The van der Waals surface area contributed by atoms with Crippen molar-refractivity contribution in [2.45, 2.75) is 32.2 Å². The van der Waals surface area contributed by atoms with Gasteiger partial charge in [0.25, 0.3) is 0 Å². The highest BCUT2D eigenvalue weighted by atomic mass is 15.0. The summed E-state index contributed by atoms with van der Waals surface area (Å²) in [6, 6.07) is 0.505. The molecule has 3 nitrogen and oxygen atoms in total. The van der Waals surface area contributed by atoms with E-state index < -0.39 is 0 Å². The largest absolute Gasteiger partial charge is 0.371 e. The Morgan fingerprint density at radius 1 is 1.25 bits per heavy atom. The molecule has 3 N–H and O–H groups in total. The molecule has 0 aromatic carbocycles. The van der Waals surface area contributed by atoms with Gasteiger partial charge < -0.3 is 15.6 Å². The smallest absolute Gasteiger partial charge is 0.107 e. The number of aromatic amines is 1. The van der Waals surface area contributed by atoms with E-state index in [1.165, 1.54) is 35.4 Å². The average Bonchev–Trinajstić information content (AvgIpc) is 2.72. The zero-order chi connectivity index (χ0) is 11.0. The summed E-state index contributed by atoms with van der Waals surface area (Å²) in [7, 11) is 0. The third kappa shape index (κ3) is 1.65. The lowest BCUT2D eigenvalue weighted by Gasteiger charge is -2.21. The Morgan fingerprint density at radius 2 is 2.19 bits per heavy atom. The quantitative estimate of drug-likeness (QED) is 0.674. The van der Waals surface area contributed by atoms with Crippen molar-refractivity contribution in [3.05, 3.63) is 23.4 Å². The fourth-order valence-corrected chi connectivity index (χ4v) is 2.74. The van der Waals surface area contributed by atoms with Crippen LogP contribution >= 0.6 is 0 Å². The Kier molecular flexibility index (Phi) is 2.48. The first kappa shape index (κ1) is 9.97. The van der Waals surface area contributed by atoms with E-state index in [9.17, 15) is 0 Å². The lowest BCUT2D eigenvalue weighted by molar-refractivity contribution is 0.620. The normalized spacial score (nSPS) is 24.6. The van der Waals surface area contributed by atoms with E-state index in [0.29, 0.717) is 6.04 Å². The van der Waals surface area contributed by atoms with Gasteiger partial charge in [-0.3, -0.25) is 0 Å². The van der Waals surface area contributed by atoms with Crippen LogP contribution in [0.2, 0.25) is 0 Å². The van der Waals surface area contributed by atoms with E-state index in [-0.39, 0.29) is 0 Å². The second-order valence-electron chi connectivity index (χ2n) is 4.77. The van der Waals surface area contributed by atoms with Crippen LogP contribution in [0, 0.1) is 0 Å². The van der Waals surface area contributed by atoms with Crippen LogP contribution in [0.15, 0.2) is 12.3 Å². The molecule has 0 radical (unpaired) electrons. The summed E-state index contributed by atoms with van der Waals surface area (Å²) in [5, 5.41) is 6.89. The van der Waals surface area contributed by atoms with Crippen LogP contribution in [-0.2, 0) is 6.42 Å². The molecule has 0 fully saturated rings. The molecule has 1 atom stereocenters. The topological polar surface area (TPSA) is 39.9 Å². The second kappa shape index (κ2) is 3.98. The molecule has 2 aliphatic heterocycles. The SMILES string of the molecule is C[C@@H]1C=C(c2c[nH]c3c2CCCN3)CCN1. The Labute approximate surface area is 96.3 Å². The van der Waals surface area contributed by atoms with E-state index in [1.54, 1.807) is 0 Å². The van der Waals surface area contributed by atoms with Gasteiger partial charge in [0, 0.05) is 29.9 Å². The molecule has 1 aromatic rings. The van der Waals surface area contributed by atoms with Crippen LogP contribution in [0.3, 0.4) is 0 Å². The molecule has 3 rings (SSSR count). The number of hydrogen-bond donors (Lipinski definition) is 3. The summed E-state index contributed by atoms with van der Waals surface area (Å²) in [6.07, 6.45) is 8.14. The number of rotatable bonds is 1. The van der Waals surface area contributed by atoms with Crippen molar-refractivity contribution in [2.75, 3.05) is 18.4 Å². The van der Waals surface area contributed by atoms with Crippen LogP contribution in [-0.4, -0.2) is 24.1 Å². The van der Waals surface area contributed by atoms with E-state index >= 15 is 0 Å². The van der Waals surface area contributed by atoms with Crippen molar-refractivity contribution < 1.29 is 0 Å². The summed E-state index contributed by atoms with van der Waals surface area (Å²) in [5.41, 5.74) is 4.44. The predicted octanol–water partition coefficient (Wildman–Crippen LogP) is 2.14. The summed E-state index contributed by atoms with van der Waals surface area (Å²) in [5.74, 6) is 1.24. The third-order valence-electron chi connectivity index (χ3n) is 3.55. The molecule has 2 aliphatic rings. The summed E-state index contributed by atoms with van der Waals surface area (Å²) in [4.78, 5) is 3.37. The molecule has 1 aromatic heterocycles. The minimum Gasteiger partial charge on any atom is -0.371 e. The molecule has 16 heavy (non-hydrogen) atoms. The number of hydrogen-bond acceptors (Lipinski definition) is 2. The highest BCUT2D eigenvalue weighted by Gasteiger charge is 2.19. The van der Waals surface area contributed by atoms with E-state index in [0.717, 1.165) is 19.5 Å². The molecule has 0 unspecified atom stereocenters. The van der Waals surface area contributed by atoms with E-state index in [4.69, 9.17) is 0 Å². The highest BCUT2D eigenvalue weighted by Crippen LogP contribution is 2.32. The van der Waals surface area contributed by atoms with E-state index in [2.05, 4.69) is 34.8 Å². The van der Waals surface area contributed by atoms with Crippen molar-refractivity contribution in [2.24, 2.45) is 0 Å². The molecule has 86 valence electrons. The van der Waals surface area contributed by atoms with Crippen LogP contribution in [0.5, 0.6) is 0 Å². The maximum absolute atomic E-state index is 3.45. The van der Waals surface area contributed by atoms with Gasteiger partial charge in [-0.1, -0.05) is 6.08 Å². The van der Waals surface area contributed by atoms with Crippen LogP contribution in [0.4, 0.5) is 5.82 Å². The van der Waals surface area contributed by atoms with Crippen molar-refractivity contribution in [3.63, 3.8) is 0 Å². The third-order valence-corrected chi connectivity index (χ3v) is 3.55. The lowest BCUT2D eigenvalue weighted by Crippen LogP contribution is -2.29. The molecular weight excluding hydrogens is 198 g/mol. The van der Waals surface area contributed by atoms with Gasteiger partial charge in [-0.15, -0.1) is 0 Å². The molecule has 0 saturated carbocycles. The monoisotopic (exact) mass is 217 g/mol. The van der Waals surface area contributed by atoms with Gasteiger partial charge in [-0.05, 0) is 38.3 Å². The Morgan fingerprint density at radius 3 is 3.06 bits per heavy atom. The van der Waals surface area contributed by atoms with Crippen LogP contribution < -0.4 is 10.6 Å². The minimum atomic E-state index is 0.505. The molecule has 3 heterocycles. The molecule has 0 spiro atoms. The maximum atomic E-state index is 3.45. The molecule has 0 amide bonds. The average molecular weight is 217 g/mol. The summed E-state index contributed by atoms with van der Waals surface area (Å²) in [6.45, 7) is 4.42. The molecule has 0 aliphatic carbocycles. The van der Waals surface area contributed by atoms with Crippen molar-refractivity contribution in [3.8, 4) is 0 Å². The number of nitrogens with one attached hydrogen (secondary N) is 3. The summed E-state index contributed by atoms with van der Waals surface area (Å²) < 4.78 is 0. The zero-order valence-electron chi connectivity index (χ0n) is 9.77. The fraction of sp³-hybridized carbons (Fsp3) is 0.538. The highest BCUT2D eigenvalue weighted by molar-refractivity contribution is 5.74. The first-order valence-electron chi connectivity index (χ1n) is 6.23. The lowest BCUT2D eigenvalue weighted by atomic mass is 9.94. The van der Waals surface area contributed by atoms with Gasteiger partial charge in [0.15, 0.2) is 0 Å². The van der Waals surface area contributed by atoms with Crippen LogP contribution in [0.25, 0.3) is 5.57 Å². The van der Waals surface area contributed by atoms with Crippen LogP contribution in [0.1, 0.15) is 30.9 Å². The van der Waals surface area contributed by atoms with Gasteiger partial charge in [0.05, 0.1) is 0 Å². The van der Waals surface area contributed by atoms with Gasteiger partial charge in [0.1, 0.15) is 5.82 Å². The second-order valence-corrected chi connectivity index (χ2v) is 4.77. The number of fused-ring (bicyclic) bond motifs is 1. The number of H-pyrrole nitrogens is 1. The Balaban J connectivity index is 1.97. The Hall–Kier alpha value is -1.22. The Bertz CT molecular complexity index is 417. The zero-order valence-corrected chi connectivity index (χ0v) is 9.77.